The molecule has 10 nitrogen and oxygen atoms in total. The van der Waals surface area contributed by atoms with Crippen molar-refractivity contribution in [3.63, 3.8) is 0 Å². The van der Waals surface area contributed by atoms with Crippen molar-refractivity contribution in [1.29, 1.82) is 0 Å². The monoisotopic (exact) mass is 392 g/mol. The molecule has 0 spiro atoms. The van der Waals surface area contributed by atoms with E-state index in [0.717, 1.165) is 0 Å². The van der Waals surface area contributed by atoms with Crippen LogP contribution in [0.5, 0.6) is 17.2 Å². The molecule has 0 saturated heterocycles. The number of nitrogens with zero attached hydrogens (tertiary/aromatic N) is 4. The van der Waals surface area contributed by atoms with Gasteiger partial charge in [0.25, 0.3) is 5.56 Å². The first kappa shape index (κ1) is 16.8. The normalized spacial score (nSPS) is 12.3. The molecule has 4 aromatic rings. The number of aromatic nitrogens is 4. The summed E-state index contributed by atoms with van der Waals surface area (Å²) in [4.78, 5) is 28.6. The number of fused-ring (bicyclic) bond motifs is 2. The lowest BCUT2D eigenvalue weighted by molar-refractivity contribution is 0.144. The van der Waals surface area contributed by atoms with E-state index < -0.39 is 6.16 Å². The second-order valence-corrected chi connectivity index (χ2v) is 6.10. The van der Waals surface area contributed by atoms with Crippen molar-refractivity contribution in [3.8, 4) is 28.9 Å². The number of benzene rings is 2. The van der Waals surface area contributed by atoms with Crippen molar-refractivity contribution in [1.82, 2.24) is 19.3 Å². The summed E-state index contributed by atoms with van der Waals surface area (Å²) in [7, 11) is 0. The van der Waals surface area contributed by atoms with E-state index in [2.05, 4.69) is 14.8 Å². The summed E-state index contributed by atoms with van der Waals surface area (Å²) >= 11 is 0. The Morgan fingerprint density at radius 3 is 2.83 bits per heavy atom. The van der Waals surface area contributed by atoms with Crippen LogP contribution in [0.1, 0.15) is 0 Å². The molecule has 5 rings (SSSR count). The number of hydrogen-bond donors (Lipinski definition) is 1. The fourth-order valence-corrected chi connectivity index (χ4v) is 3.10. The Morgan fingerprint density at radius 1 is 1.14 bits per heavy atom. The molecule has 10 heteroatoms. The summed E-state index contributed by atoms with van der Waals surface area (Å²) in [5.41, 5.74) is 0.644. The van der Waals surface area contributed by atoms with Crippen LogP contribution in [0.25, 0.3) is 22.5 Å². The molecule has 29 heavy (non-hydrogen) atoms. The molecule has 2 aromatic carbocycles. The zero-order valence-corrected chi connectivity index (χ0v) is 14.7. The topological polar surface area (TPSA) is 118 Å². The standard InChI is InChI=1S/C19H12N4O6/c24-17-13-3-1-2-4-14(13)21-18(22-9-12(8-20-22)29-19(25)26)23(17)11-5-6-15-16(7-11)28-10-27-15/h1-9H,10H2,(H,25,26). The van der Waals surface area contributed by atoms with Gasteiger partial charge in [-0.2, -0.15) is 5.10 Å². The van der Waals surface area contributed by atoms with E-state index in [1.54, 1.807) is 42.5 Å². The van der Waals surface area contributed by atoms with Crippen LogP contribution in [0.4, 0.5) is 4.79 Å². The third-order valence-electron chi connectivity index (χ3n) is 4.34. The molecule has 0 saturated carbocycles. The predicted molar refractivity (Wildman–Crippen MR) is 99.2 cm³/mol. The number of carbonyl (C=O) groups is 1. The van der Waals surface area contributed by atoms with Crippen molar-refractivity contribution in [2.75, 3.05) is 6.79 Å². The van der Waals surface area contributed by atoms with Gasteiger partial charge in [-0.1, -0.05) is 12.1 Å². The smallest absolute Gasteiger partial charge is 0.454 e. The second kappa shape index (κ2) is 6.37. The van der Waals surface area contributed by atoms with Crippen LogP contribution >= 0.6 is 0 Å². The molecular formula is C19H12N4O6. The van der Waals surface area contributed by atoms with Crippen LogP contribution in [-0.2, 0) is 0 Å². The highest BCUT2D eigenvalue weighted by Crippen LogP contribution is 2.34. The largest absolute Gasteiger partial charge is 0.511 e. The van der Waals surface area contributed by atoms with Gasteiger partial charge >= 0.3 is 6.16 Å². The molecule has 1 aliphatic rings. The molecule has 0 atom stereocenters. The SMILES string of the molecule is O=C(O)Oc1cnn(-c2nc3ccccc3c(=O)n2-c2ccc3c(c2)OCO3)c1. The highest BCUT2D eigenvalue weighted by Gasteiger charge is 2.19. The predicted octanol–water partition coefficient (Wildman–Crippen LogP) is 2.36. The van der Waals surface area contributed by atoms with E-state index in [1.165, 1.54) is 21.6 Å². The molecule has 1 aliphatic heterocycles. The Hall–Kier alpha value is -4.34. The van der Waals surface area contributed by atoms with Crippen LogP contribution in [0.15, 0.2) is 59.7 Å². The van der Waals surface area contributed by atoms with Crippen molar-refractivity contribution in [2.45, 2.75) is 0 Å². The average molecular weight is 392 g/mol. The Kier molecular flexibility index (Phi) is 3.69. The lowest BCUT2D eigenvalue weighted by atomic mass is 10.2. The van der Waals surface area contributed by atoms with Gasteiger partial charge in [-0.05, 0) is 24.3 Å². The van der Waals surface area contributed by atoms with Gasteiger partial charge in [-0.3, -0.25) is 4.79 Å². The van der Waals surface area contributed by atoms with Gasteiger partial charge in [-0.25, -0.2) is 19.0 Å². The van der Waals surface area contributed by atoms with Crippen molar-refractivity contribution in [2.24, 2.45) is 0 Å². The van der Waals surface area contributed by atoms with Crippen LogP contribution < -0.4 is 19.8 Å². The van der Waals surface area contributed by atoms with Gasteiger partial charge in [0, 0.05) is 6.07 Å². The lowest BCUT2D eigenvalue weighted by Crippen LogP contribution is -2.25. The first-order chi connectivity index (χ1) is 14.1. The van der Waals surface area contributed by atoms with Gasteiger partial charge in [-0.15, -0.1) is 0 Å². The molecule has 0 bridgehead atoms. The van der Waals surface area contributed by atoms with Crippen LogP contribution in [0.3, 0.4) is 0 Å². The minimum atomic E-state index is -1.47. The first-order valence-electron chi connectivity index (χ1n) is 8.48. The van der Waals surface area contributed by atoms with Gasteiger partial charge in [0.2, 0.25) is 12.7 Å². The Labute approximate surface area is 162 Å². The fraction of sp³-hybridized carbons (Fsp3) is 0.0526. The van der Waals surface area contributed by atoms with Crippen molar-refractivity contribution < 1.29 is 24.1 Å². The van der Waals surface area contributed by atoms with Crippen LogP contribution in [-0.4, -0.2) is 37.4 Å². The van der Waals surface area contributed by atoms with E-state index in [4.69, 9.17) is 14.6 Å². The van der Waals surface area contributed by atoms with Gasteiger partial charge in [0.05, 0.1) is 29.0 Å². The number of para-hydroxylation sites is 1. The molecule has 0 unspecified atom stereocenters. The van der Waals surface area contributed by atoms with Crippen LogP contribution in [0.2, 0.25) is 0 Å². The molecule has 0 amide bonds. The average Bonchev–Trinajstić information content (AvgIpc) is 3.36. The van der Waals surface area contributed by atoms with E-state index in [1.807, 2.05) is 0 Å². The summed E-state index contributed by atoms with van der Waals surface area (Å²) in [6.45, 7) is 0.103. The molecule has 3 heterocycles. The van der Waals surface area contributed by atoms with E-state index in [-0.39, 0.29) is 24.1 Å². The van der Waals surface area contributed by atoms with E-state index in [9.17, 15) is 9.59 Å². The third kappa shape index (κ3) is 2.83. The minimum Gasteiger partial charge on any atom is -0.454 e. The second-order valence-electron chi connectivity index (χ2n) is 6.10. The molecule has 0 aliphatic carbocycles. The number of rotatable bonds is 3. The van der Waals surface area contributed by atoms with Gasteiger partial charge < -0.3 is 19.3 Å². The molecule has 2 aromatic heterocycles. The highest BCUT2D eigenvalue weighted by atomic mass is 16.7. The third-order valence-corrected chi connectivity index (χ3v) is 4.34. The number of ether oxygens (including phenoxy) is 3. The fourth-order valence-electron chi connectivity index (χ4n) is 3.10. The molecule has 1 N–H and O–H groups in total. The van der Waals surface area contributed by atoms with Gasteiger partial charge in [0.15, 0.2) is 17.2 Å². The molecule has 0 fully saturated rings. The summed E-state index contributed by atoms with van der Waals surface area (Å²) in [5.74, 6) is 1.24. The quantitative estimate of drug-likeness (QED) is 0.528. The number of hydrogen-bond acceptors (Lipinski definition) is 7. The molecule has 0 radical (unpaired) electrons. The zero-order chi connectivity index (χ0) is 20.0. The minimum absolute atomic E-state index is 0.00264. The molecular weight excluding hydrogens is 380 g/mol. The lowest BCUT2D eigenvalue weighted by Gasteiger charge is -2.13. The van der Waals surface area contributed by atoms with Crippen LogP contribution in [0, 0.1) is 0 Å². The summed E-state index contributed by atoms with van der Waals surface area (Å²) in [6.07, 6.45) is 1.08. The van der Waals surface area contributed by atoms with Crippen molar-refractivity contribution in [3.05, 3.63) is 65.2 Å². The Morgan fingerprint density at radius 2 is 1.97 bits per heavy atom. The van der Waals surface area contributed by atoms with Crippen molar-refractivity contribution >= 4 is 17.1 Å². The maximum atomic E-state index is 13.3. The zero-order valence-electron chi connectivity index (χ0n) is 14.7. The number of carboxylic acid groups (broad SMARTS) is 1. The summed E-state index contributed by atoms with van der Waals surface area (Å²) in [6, 6.07) is 12.0. The maximum absolute atomic E-state index is 13.3. The maximum Gasteiger partial charge on any atom is 0.511 e. The van der Waals surface area contributed by atoms with E-state index in [0.29, 0.717) is 28.1 Å². The highest BCUT2D eigenvalue weighted by molar-refractivity contribution is 5.78. The Balaban J connectivity index is 1.76. The van der Waals surface area contributed by atoms with Gasteiger partial charge in [0.1, 0.15) is 0 Å². The Bertz CT molecular complexity index is 1330. The first-order valence-corrected chi connectivity index (χ1v) is 8.48. The summed E-state index contributed by atoms with van der Waals surface area (Å²) < 4.78 is 18.0. The molecule has 144 valence electrons. The summed E-state index contributed by atoms with van der Waals surface area (Å²) in [5, 5.41) is 13.3. The van der Waals surface area contributed by atoms with E-state index >= 15 is 0 Å².